The Morgan fingerprint density at radius 1 is 1.11 bits per heavy atom. The number of para-hydroxylation sites is 1. The summed E-state index contributed by atoms with van der Waals surface area (Å²) in [6.45, 7) is 4.11. The van der Waals surface area contributed by atoms with Crippen LogP contribution in [-0.4, -0.2) is 59.9 Å². The van der Waals surface area contributed by atoms with E-state index in [9.17, 15) is 9.18 Å². The molecule has 226 valence electrons. The second-order valence-corrected chi connectivity index (χ2v) is 11.6. The molecule has 4 heterocycles. The first-order valence-corrected chi connectivity index (χ1v) is 15.0. The average Bonchev–Trinajstić information content (AvgIpc) is 3.37. The number of ether oxygens (including phenoxy) is 4. The van der Waals surface area contributed by atoms with Crippen molar-refractivity contribution < 1.29 is 28.1 Å². The van der Waals surface area contributed by atoms with E-state index < -0.39 is 11.9 Å². The van der Waals surface area contributed by atoms with E-state index >= 15 is 0 Å². The van der Waals surface area contributed by atoms with Crippen LogP contribution in [0.15, 0.2) is 54.6 Å². The van der Waals surface area contributed by atoms with E-state index in [1.54, 1.807) is 18.2 Å². The quantitative estimate of drug-likeness (QED) is 0.258. The van der Waals surface area contributed by atoms with Crippen molar-refractivity contribution in [1.29, 1.82) is 5.26 Å². The summed E-state index contributed by atoms with van der Waals surface area (Å²) in [6, 6.07) is 17.9. The van der Waals surface area contributed by atoms with Crippen LogP contribution in [-0.2, 0) is 22.6 Å². The predicted octanol–water partition coefficient (Wildman–Crippen LogP) is 5.51. The number of likely N-dealkylation sites (tertiary alicyclic amines) is 1. The maximum atomic E-state index is 14.8. The topological polar surface area (TPSA) is 98.8 Å². The van der Waals surface area contributed by atoms with Crippen molar-refractivity contribution in [3.8, 4) is 17.6 Å². The third-order valence-electron chi connectivity index (χ3n) is 8.96. The SMILES string of the molecule is COC(=O)c1ccc2nc(CN3CCC(c4cccc5c4OC(c4ccc(C#N)cc4F)CO5)CC3)n(CC3CCO3)c2c1. The molecule has 1 aromatic heterocycles. The number of benzene rings is 3. The molecule has 7 rings (SSSR count). The van der Waals surface area contributed by atoms with Gasteiger partial charge in [0.25, 0.3) is 0 Å². The van der Waals surface area contributed by atoms with Gasteiger partial charge in [0.05, 0.1) is 54.5 Å². The lowest BCUT2D eigenvalue weighted by atomic mass is 9.88. The highest BCUT2D eigenvalue weighted by molar-refractivity contribution is 5.93. The van der Waals surface area contributed by atoms with Crippen molar-refractivity contribution >= 4 is 17.0 Å². The van der Waals surface area contributed by atoms with Crippen LogP contribution < -0.4 is 9.47 Å². The molecule has 3 aromatic carbocycles. The second kappa shape index (κ2) is 11.9. The highest BCUT2D eigenvalue weighted by Crippen LogP contribution is 2.45. The van der Waals surface area contributed by atoms with E-state index in [0.717, 1.165) is 61.4 Å². The summed E-state index contributed by atoms with van der Waals surface area (Å²) in [5.74, 6) is 1.73. The summed E-state index contributed by atoms with van der Waals surface area (Å²) in [7, 11) is 1.39. The van der Waals surface area contributed by atoms with Crippen molar-refractivity contribution in [2.24, 2.45) is 0 Å². The number of nitrogens with zero attached hydrogens (tertiary/aromatic N) is 4. The molecule has 3 aliphatic heterocycles. The number of imidazole rings is 1. The first-order chi connectivity index (χ1) is 21.5. The van der Waals surface area contributed by atoms with Crippen molar-refractivity contribution in [3.05, 3.63) is 88.5 Å². The molecule has 0 radical (unpaired) electrons. The molecule has 3 aliphatic rings. The van der Waals surface area contributed by atoms with Crippen molar-refractivity contribution in [2.75, 3.05) is 33.4 Å². The summed E-state index contributed by atoms with van der Waals surface area (Å²) in [5, 5.41) is 9.10. The number of fused-ring (bicyclic) bond motifs is 2. The fraction of sp³-hybridized carbons (Fsp3) is 0.382. The predicted molar refractivity (Wildman–Crippen MR) is 159 cm³/mol. The van der Waals surface area contributed by atoms with Gasteiger partial charge in [-0.05, 0) is 74.7 Å². The Bertz CT molecular complexity index is 1750. The van der Waals surface area contributed by atoms with Crippen LogP contribution in [0.1, 0.15) is 64.2 Å². The minimum absolute atomic E-state index is 0.145. The van der Waals surface area contributed by atoms with Crippen LogP contribution >= 0.6 is 0 Å². The molecule has 9 nitrogen and oxygen atoms in total. The number of carbonyl (C=O) groups excluding carboxylic acids is 1. The van der Waals surface area contributed by atoms with Gasteiger partial charge in [0.1, 0.15) is 18.2 Å². The molecule has 44 heavy (non-hydrogen) atoms. The van der Waals surface area contributed by atoms with Crippen molar-refractivity contribution in [3.63, 3.8) is 0 Å². The smallest absolute Gasteiger partial charge is 0.337 e. The Balaban J connectivity index is 1.07. The maximum Gasteiger partial charge on any atom is 0.337 e. The second-order valence-electron chi connectivity index (χ2n) is 11.6. The Morgan fingerprint density at radius 3 is 2.68 bits per heavy atom. The maximum absolute atomic E-state index is 14.8. The highest BCUT2D eigenvalue weighted by Gasteiger charge is 2.31. The number of esters is 1. The summed E-state index contributed by atoms with van der Waals surface area (Å²) >= 11 is 0. The van der Waals surface area contributed by atoms with Gasteiger partial charge in [-0.15, -0.1) is 0 Å². The Hall–Kier alpha value is -4.46. The minimum atomic E-state index is -0.594. The Kier molecular flexibility index (Phi) is 7.66. The van der Waals surface area contributed by atoms with Gasteiger partial charge in [-0.3, -0.25) is 4.90 Å². The lowest BCUT2D eigenvalue weighted by Crippen LogP contribution is -2.35. The largest absolute Gasteiger partial charge is 0.485 e. The number of aromatic nitrogens is 2. The van der Waals surface area contributed by atoms with Gasteiger partial charge in [-0.2, -0.15) is 5.26 Å². The lowest BCUT2D eigenvalue weighted by Gasteiger charge is -2.35. The number of hydrogen-bond donors (Lipinski definition) is 0. The first-order valence-electron chi connectivity index (χ1n) is 15.0. The van der Waals surface area contributed by atoms with Crippen LogP contribution in [0.5, 0.6) is 11.5 Å². The minimum Gasteiger partial charge on any atom is -0.485 e. The van der Waals surface area contributed by atoms with Gasteiger partial charge in [0, 0.05) is 17.7 Å². The molecule has 0 N–H and O–H groups in total. The number of hydrogen-bond acceptors (Lipinski definition) is 8. The molecule has 0 spiro atoms. The van der Waals surface area contributed by atoms with E-state index in [0.29, 0.717) is 35.7 Å². The van der Waals surface area contributed by atoms with E-state index in [4.69, 9.17) is 29.2 Å². The molecule has 2 atom stereocenters. The van der Waals surface area contributed by atoms with Gasteiger partial charge in [-0.25, -0.2) is 14.2 Å². The fourth-order valence-corrected chi connectivity index (χ4v) is 6.42. The van der Waals surface area contributed by atoms with Gasteiger partial charge in [-0.1, -0.05) is 18.2 Å². The van der Waals surface area contributed by atoms with E-state index in [1.807, 2.05) is 30.3 Å². The molecule has 0 aliphatic carbocycles. The molecule has 2 fully saturated rings. The lowest BCUT2D eigenvalue weighted by molar-refractivity contribution is -0.0592. The van der Waals surface area contributed by atoms with Crippen LogP contribution in [0, 0.1) is 17.1 Å². The van der Waals surface area contributed by atoms with E-state index in [2.05, 4.69) is 15.5 Å². The normalized spacial score (nSPS) is 20.2. The molecule has 0 bridgehead atoms. The summed E-state index contributed by atoms with van der Waals surface area (Å²) in [4.78, 5) is 19.6. The number of carbonyl (C=O) groups is 1. The molecule has 0 amide bonds. The fourth-order valence-electron chi connectivity index (χ4n) is 6.42. The van der Waals surface area contributed by atoms with Crippen LogP contribution in [0.2, 0.25) is 0 Å². The Morgan fingerprint density at radius 2 is 1.95 bits per heavy atom. The van der Waals surface area contributed by atoms with Gasteiger partial charge in [0.15, 0.2) is 17.6 Å². The van der Waals surface area contributed by atoms with Crippen LogP contribution in [0.3, 0.4) is 0 Å². The first kappa shape index (κ1) is 28.3. The number of nitriles is 1. The molecule has 4 aromatic rings. The molecule has 2 unspecified atom stereocenters. The van der Waals surface area contributed by atoms with Crippen LogP contribution in [0.4, 0.5) is 4.39 Å². The van der Waals surface area contributed by atoms with Gasteiger partial charge >= 0.3 is 5.97 Å². The van der Waals surface area contributed by atoms with Gasteiger partial charge < -0.3 is 23.5 Å². The summed E-state index contributed by atoms with van der Waals surface area (Å²) in [6.07, 6.45) is 2.41. The van der Waals surface area contributed by atoms with E-state index in [-0.39, 0.29) is 30.2 Å². The standard InChI is InChI=1S/C34H33FN4O5/c1-41-34(40)23-6-8-28-29(16-23)39(18-24-11-14-42-24)32(37-28)19-38-12-9-22(10-13-38)25-3-2-4-30-33(25)44-31(20-43-30)26-7-5-21(17-36)15-27(26)35/h2-8,15-16,22,24,31H,9-14,18-20H2,1H3. The zero-order chi connectivity index (χ0) is 30.2. The van der Waals surface area contributed by atoms with Crippen LogP contribution in [0.25, 0.3) is 11.0 Å². The van der Waals surface area contributed by atoms with Crippen molar-refractivity contribution in [1.82, 2.24) is 14.5 Å². The summed E-state index contributed by atoms with van der Waals surface area (Å²) in [5.41, 5.74) is 4.00. The number of methoxy groups -OCH3 is 1. The molecular weight excluding hydrogens is 563 g/mol. The zero-order valence-corrected chi connectivity index (χ0v) is 24.5. The number of halogens is 1. The average molecular weight is 597 g/mol. The summed E-state index contributed by atoms with van der Waals surface area (Å²) < 4.78 is 40.1. The third kappa shape index (κ3) is 5.38. The number of piperidine rings is 1. The Labute approximate surface area is 254 Å². The molecule has 2 saturated heterocycles. The van der Waals surface area contributed by atoms with E-state index in [1.165, 1.54) is 13.2 Å². The molecule has 0 saturated carbocycles. The van der Waals surface area contributed by atoms with Crippen molar-refractivity contribution in [2.45, 2.75) is 50.5 Å². The molecular formula is C34H33FN4O5. The monoisotopic (exact) mass is 596 g/mol. The van der Waals surface area contributed by atoms with Gasteiger partial charge in [0.2, 0.25) is 0 Å². The molecule has 10 heteroatoms. The third-order valence-corrected chi connectivity index (χ3v) is 8.96. The zero-order valence-electron chi connectivity index (χ0n) is 24.5. The number of rotatable bonds is 7. The highest BCUT2D eigenvalue weighted by atomic mass is 19.1.